The van der Waals surface area contributed by atoms with Crippen LogP contribution in [-0.2, 0) is 0 Å². The summed E-state index contributed by atoms with van der Waals surface area (Å²) < 4.78 is 0.466. The van der Waals surface area contributed by atoms with Gasteiger partial charge in [0.05, 0.1) is 30.3 Å². The fourth-order valence-electron chi connectivity index (χ4n) is 1.38. The number of benzene rings is 1. The lowest BCUT2D eigenvalue weighted by atomic mass is 10.0. The maximum absolute atomic E-state index is 12.1. The number of aliphatic hydroxyl groups is 3. The Morgan fingerprint density at radius 1 is 1.30 bits per heavy atom. The van der Waals surface area contributed by atoms with Gasteiger partial charge in [-0.1, -0.05) is 0 Å². The first kappa shape index (κ1) is 16.8. The topological polar surface area (TPSA) is 133 Å². The van der Waals surface area contributed by atoms with Crippen LogP contribution in [0.25, 0.3) is 0 Å². The molecule has 110 valence electrons. The average Bonchev–Trinajstić information content (AvgIpc) is 2.45. The van der Waals surface area contributed by atoms with Crippen LogP contribution in [0, 0.1) is 13.7 Å². The molecule has 0 aliphatic carbocycles. The second kappa shape index (κ2) is 6.92. The number of carbonyl (C=O) groups is 1. The van der Waals surface area contributed by atoms with Crippen LogP contribution in [-0.4, -0.2) is 51.5 Å². The molecule has 8 nitrogen and oxygen atoms in total. The van der Waals surface area contributed by atoms with E-state index in [2.05, 4.69) is 5.32 Å². The Balaban J connectivity index is 3.08. The predicted octanol–water partition coefficient (Wildman–Crippen LogP) is -0.355. The van der Waals surface area contributed by atoms with Crippen LogP contribution in [0.4, 0.5) is 5.69 Å². The van der Waals surface area contributed by atoms with Gasteiger partial charge in [-0.05, 0) is 28.7 Å². The summed E-state index contributed by atoms with van der Waals surface area (Å²) in [5.74, 6) is -0.727. The van der Waals surface area contributed by atoms with Gasteiger partial charge in [-0.3, -0.25) is 14.9 Å². The largest absolute Gasteiger partial charge is 0.394 e. The summed E-state index contributed by atoms with van der Waals surface area (Å²) in [4.78, 5) is 22.1. The molecule has 4 N–H and O–H groups in total. The Bertz CT molecular complexity index is 509. The molecule has 0 fully saturated rings. The lowest BCUT2D eigenvalue weighted by Gasteiger charge is -2.28. The van der Waals surface area contributed by atoms with Crippen molar-refractivity contribution in [1.29, 1.82) is 0 Å². The van der Waals surface area contributed by atoms with Crippen LogP contribution in [0.15, 0.2) is 18.2 Å². The molecule has 9 heteroatoms. The third-order valence-electron chi connectivity index (χ3n) is 2.69. The molecule has 0 aromatic heterocycles. The number of nitrogens with one attached hydrogen (secondary N) is 1. The standard InChI is InChI=1S/C11H13IN2O6/c12-9-2-1-7(14(19)20)3-8(9)10(18)13-11(4-15,5-16)6-17/h1-3,15-17H,4-6H2,(H,13,18). The molecule has 20 heavy (non-hydrogen) atoms. The molecular weight excluding hydrogens is 383 g/mol. The molecule has 0 saturated carbocycles. The summed E-state index contributed by atoms with van der Waals surface area (Å²) >= 11 is 1.83. The van der Waals surface area contributed by atoms with Crippen molar-refractivity contribution in [2.45, 2.75) is 5.54 Å². The van der Waals surface area contributed by atoms with E-state index in [-0.39, 0.29) is 11.3 Å². The SMILES string of the molecule is O=C(NC(CO)(CO)CO)c1cc([N+](=O)[O-])ccc1I. The molecular formula is C11H13IN2O6. The van der Waals surface area contributed by atoms with Gasteiger partial charge in [-0.25, -0.2) is 0 Å². The van der Waals surface area contributed by atoms with Crippen molar-refractivity contribution in [3.05, 3.63) is 37.4 Å². The zero-order chi connectivity index (χ0) is 15.3. The summed E-state index contributed by atoms with van der Waals surface area (Å²) in [6.07, 6.45) is 0. The summed E-state index contributed by atoms with van der Waals surface area (Å²) in [6, 6.07) is 3.76. The monoisotopic (exact) mass is 396 g/mol. The third kappa shape index (κ3) is 3.62. The lowest BCUT2D eigenvalue weighted by molar-refractivity contribution is -0.384. The molecule has 0 unspecified atom stereocenters. The molecule has 1 rings (SSSR count). The maximum Gasteiger partial charge on any atom is 0.270 e. The molecule has 0 heterocycles. The van der Waals surface area contributed by atoms with Gasteiger partial charge in [0.25, 0.3) is 11.6 Å². The second-order valence-electron chi connectivity index (χ2n) is 4.13. The average molecular weight is 396 g/mol. The van der Waals surface area contributed by atoms with Gasteiger partial charge in [0.15, 0.2) is 0 Å². The number of carbonyl (C=O) groups excluding carboxylic acids is 1. The number of nitro groups is 1. The minimum Gasteiger partial charge on any atom is -0.394 e. The van der Waals surface area contributed by atoms with E-state index in [0.29, 0.717) is 3.57 Å². The normalized spacial score (nSPS) is 11.2. The Labute approximate surface area is 127 Å². The maximum atomic E-state index is 12.1. The van der Waals surface area contributed by atoms with E-state index in [4.69, 9.17) is 15.3 Å². The summed E-state index contributed by atoms with van der Waals surface area (Å²) in [5.41, 5.74) is -1.80. The van der Waals surface area contributed by atoms with Crippen molar-refractivity contribution in [3.63, 3.8) is 0 Å². The number of nitrogens with zero attached hydrogens (tertiary/aromatic N) is 1. The molecule has 0 saturated heterocycles. The van der Waals surface area contributed by atoms with Crippen LogP contribution < -0.4 is 5.32 Å². The smallest absolute Gasteiger partial charge is 0.270 e. The molecule has 1 aromatic rings. The van der Waals surface area contributed by atoms with Crippen molar-refractivity contribution in [2.75, 3.05) is 19.8 Å². The highest BCUT2D eigenvalue weighted by Gasteiger charge is 2.31. The Hall–Kier alpha value is -1.30. The molecule has 0 bridgehead atoms. The van der Waals surface area contributed by atoms with Crippen molar-refractivity contribution in [2.24, 2.45) is 0 Å². The van der Waals surface area contributed by atoms with E-state index in [0.717, 1.165) is 6.07 Å². The number of hydrogen-bond acceptors (Lipinski definition) is 6. The molecule has 0 aliphatic heterocycles. The van der Waals surface area contributed by atoms with Crippen molar-refractivity contribution in [3.8, 4) is 0 Å². The van der Waals surface area contributed by atoms with E-state index in [1.54, 1.807) is 0 Å². The number of aliphatic hydroxyl groups excluding tert-OH is 3. The second-order valence-corrected chi connectivity index (χ2v) is 5.29. The fraction of sp³-hybridized carbons (Fsp3) is 0.364. The molecule has 0 atom stereocenters. The highest BCUT2D eigenvalue weighted by molar-refractivity contribution is 14.1. The van der Waals surface area contributed by atoms with Crippen LogP contribution in [0.3, 0.4) is 0 Å². The zero-order valence-corrected chi connectivity index (χ0v) is 12.4. The number of halogens is 1. The fourth-order valence-corrected chi connectivity index (χ4v) is 1.96. The van der Waals surface area contributed by atoms with Gasteiger partial charge in [0, 0.05) is 15.7 Å². The van der Waals surface area contributed by atoms with Crippen molar-refractivity contribution in [1.82, 2.24) is 5.32 Å². The van der Waals surface area contributed by atoms with E-state index in [9.17, 15) is 14.9 Å². The first-order valence-electron chi connectivity index (χ1n) is 5.48. The van der Waals surface area contributed by atoms with Gasteiger partial charge >= 0.3 is 0 Å². The summed E-state index contributed by atoms with van der Waals surface area (Å²) in [5, 5.41) is 40.4. The summed E-state index contributed by atoms with van der Waals surface area (Å²) in [6.45, 7) is -2.01. The van der Waals surface area contributed by atoms with Crippen LogP contribution in [0.2, 0.25) is 0 Å². The Kier molecular flexibility index (Phi) is 5.80. The number of hydrogen-bond donors (Lipinski definition) is 4. The van der Waals surface area contributed by atoms with E-state index in [1.807, 2.05) is 22.6 Å². The van der Waals surface area contributed by atoms with Crippen LogP contribution in [0.1, 0.15) is 10.4 Å². The van der Waals surface area contributed by atoms with Crippen LogP contribution in [0.5, 0.6) is 0 Å². The Morgan fingerprint density at radius 2 is 1.85 bits per heavy atom. The summed E-state index contributed by atoms with van der Waals surface area (Å²) in [7, 11) is 0. The molecule has 0 aliphatic rings. The van der Waals surface area contributed by atoms with E-state index in [1.165, 1.54) is 12.1 Å². The van der Waals surface area contributed by atoms with Gasteiger partial charge in [-0.15, -0.1) is 0 Å². The third-order valence-corrected chi connectivity index (χ3v) is 3.63. The van der Waals surface area contributed by atoms with Crippen molar-refractivity contribution < 1.29 is 25.0 Å². The van der Waals surface area contributed by atoms with Gasteiger partial charge < -0.3 is 20.6 Å². The minimum absolute atomic E-state index is 0.0273. The molecule has 1 aromatic carbocycles. The van der Waals surface area contributed by atoms with Gasteiger partial charge in [-0.2, -0.15) is 0 Å². The molecule has 1 amide bonds. The van der Waals surface area contributed by atoms with Crippen LogP contribution >= 0.6 is 22.6 Å². The first-order chi connectivity index (χ1) is 9.39. The van der Waals surface area contributed by atoms with Crippen molar-refractivity contribution >= 4 is 34.2 Å². The van der Waals surface area contributed by atoms with E-state index >= 15 is 0 Å². The first-order valence-corrected chi connectivity index (χ1v) is 6.56. The molecule has 0 spiro atoms. The minimum atomic E-state index is -1.58. The quantitative estimate of drug-likeness (QED) is 0.295. The van der Waals surface area contributed by atoms with Gasteiger partial charge in [0.2, 0.25) is 0 Å². The number of rotatable bonds is 6. The van der Waals surface area contributed by atoms with Gasteiger partial charge in [0.1, 0.15) is 5.54 Å². The number of amides is 1. The lowest BCUT2D eigenvalue weighted by Crippen LogP contribution is -2.57. The Morgan fingerprint density at radius 3 is 2.30 bits per heavy atom. The number of nitro benzene ring substituents is 1. The van der Waals surface area contributed by atoms with E-state index < -0.39 is 36.2 Å². The molecule has 0 radical (unpaired) electrons. The predicted molar refractivity (Wildman–Crippen MR) is 77.3 cm³/mol. The highest BCUT2D eigenvalue weighted by atomic mass is 127. The number of non-ortho nitro benzene ring substituents is 1. The zero-order valence-electron chi connectivity index (χ0n) is 10.2. The highest BCUT2D eigenvalue weighted by Crippen LogP contribution is 2.20.